The molecule has 0 saturated heterocycles. The Kier molecular flexibility index (Phi) is 3.56. The second-order valence-electron chi connectivity index (χ2n) is 4.39. The normalized spacial score (nSPS) is 20.9. The zero-order valence-electron chi connectivity index (χ0n) is 9.72. The first kappa shape index (κ1) is 11.6. The molecule has 1 fully saturated rings. The molecule has 0 bridgehead atoms. The number of aromatic nitrogens is 1. The lowest BCUT2D eigenvalue weighted by atomic mass is 9.90. The average molecular weight is 221 g/mol. The van der Waals surface area contributed by atoms with Gasteiger partial charge < -0.3 is 9.84 Å². The molecule has 2 rings (SSSR count). The molecule has 1 aliphatic rings. The molecule has 1 atom stereocenters. The fraction of sp³-hybridized carbons (Fsp3) is 0.615. The standard InChI is InChI=1S/C13H19NO2/c1-2-16-13(7-3-4-8-13)12(15)11-6-5-9-14-10-11/h5-6,9-10,12,15H,2-4,7-8H2,1H3. The SMILES string of the molecule is CCOC1(C(O)c2cccnc2)CCCC1. The van der Waals surface area contributed by atoms with Crippen molar-refractivity contribution in [3.8, 4) is 0 Å². The molecule has 3 heteroatoms. The van der Waals surface area contributed by atoms with Crippen LogP contribution in [0.5, 0.6) is 0 Å². The van der Waals surface area contributed by atoms with Crippen molar-refractivity contribution in [1.82, 2.24) is 4.98 Å². The third-order valence-corrected chi connectivity index (χ3v) is 3.38. The summed E-state index contributed by atoms with van der Waals surface area (Å²) < 4.78 is 5.83. The van der Waals surface area contributed by atoms with Gasteiger partial charge in [0.15, 0.2) is 0 Å². The topological polar surface area (TPSA) is 42.4 Å². The van der Waals surface area contributed by atoms with Crippen LogP contribution >= 0.6 is 0 Å². The third kappa shape index (κ3) is 2.11. The first-order valence-electron chi connectivity index (χ1n) is 6.00. The summed E-state index contributed by atoms with van der Waals surface area (Å²) >= 11 is 0. The van der Waals surface area contributed by atoms with Crippen molar-refractivity contribution >= 4 is 0 Å². The van der Waals surface area contributed by atoms with E-state index in [9.17, 15) is 5.11 Å². The summed E-state index contributed by atoms with van der Waals surface area (Å²) in [4.78, 5) is 4.05. The molecule has 0 aliphatic heterocycles. The van der Waals surface area contributed by atoms with E-state index in [4.69, 9.17) is 4.74 Å². The summed E-state index contributed by atoms with van der Waals surface area (Å²) in [6.07, 6.45) is 7.05. The molecule has 0 spiro atoms. The van der Waals surface area contributed by atoms with E-state index in [-0.39, 0.29) is 5.60 Å². The van der Waals surface area contributed by atoms with E-state index in [1.54, 1.807) is 12.4 Å². The molecular formula is C13H19NO2. The Bertz CT molecular complexity index is 320. The number of hydrogen-bond acceptors (Lipinski definition) is 3. The van der Waals surface area contributed by atoms with Crippen LogP contribution in [0.1, 0.15) is 44.3 Å². The van der Waals surface area contributed by atoms with Crippen LogP contribution in [0.15, 0.2) is 24.5 Å². The Morgan fingerprint density at radius 2 is 2.25 bits per heavy atom. The molecule has 16 heavy (non-hydrogen) atoms. The maximum Gasteiger partial charge on any atom is 0.109 e. The summed E-state index contributed by atoms with van der Waals surface area (Å²) in [6, 6.07) is 3.77. The molecule has 1 aliphatic carbocycles. The van der Waals surface area contributed by atoms with Gasteiger partial charge >= 0.3 is 0 Å². The van der Waals surface area contributed by atoms with Crippen molar-refractivity contribution in [3.05, 3.63) is 30.1 Å². The molecule has 1 N–H and O–H groups in total. The molecule has 1 heterocycles. The highest BCUT2D eigenvalue weighted by atomic mass is 16.5. The number of nitrogens with zero attached hydrogens (tertiary/aromatic N) is 1. The predicted molar refractivity (Wildman–Crippen MR) is 62.0 cm³/mol. The summed E-state index contributed by atoms with van der Waals surface area (Å²) in [7, 11) is 0. The number of aliphatic hydroxyl groups excluding tert-OH is 1. The second kappa shape index (κ2) is 4.93. The lowest BCUT2D eigenvalue weighted by Crippen LogP contribution is -2.36. The maximum absolute atomic E-state index is 10.4. The van der Waals surface area contributed by atoms with Gasteiger partial charge in [0.25, 0.3) is 0 Å². The van der Waals surface area contributed by atoms with Crippen LogP contribution in [0, 0.1) is 0 Å². The zero-order chi connectivity index (χ0) is 11.4. The van der Waals surface area contributed by atoms with Gasteiger partial charge in [-0.2, -0.15) is 0 Å². The van der Waals surface area contributed by atoms with Crippen LogP contribution in [-0.4, -0.2) is 22.3 Å². The summed E-state index contributed by atoms with van der Waals surface area (Å²) in [6.45, 7) is 2.63. The van der Waals surface area contributed by atoms with Gasteiger partial charge in [0.05, 0.1) is 5.60 Å². The Labute approximate surface area is 96.5 Å². The van der Waals surface area contributed by atoms with Crippen LogP contribution in [-0.2, 0) is 4.74 Å². The van der Waals surface area contributed by atoms with Crippen molar-refractivity contribution in [2.24, 2.45) is 0 Å². The van der Waals surface area contributed by atoms with Crippen molar-refractivity contribution in [2.45, 2.75) is 44.3 Å². The highest BCUT2D eigenvalue weighted by Gasteiger charge is 2.42. The molecule has 88 valence electrons. The summed E-state index contributed by atoms with van der Waals surface area (Å²) in [5, 5.41) is 10.4. The second-order valence-corrected chi connectivity index (χ2v) is 4.39. The fourth-order valence-electron chi connectivity index (χ4n) is 2.60. The largest absolute Gasteiger partial charge is 0.385 e. The van der Waals surface area contributed by atoms with Gasteiger partial charge in [-0.3, -0.25) is 4.98 Å². The van der Waals surface area contributed by atoms with Gasteiger partial charge in [-0.15, -0.1) is 0 Å². The third-order valence-electron chi connectivity index (χ3n) is 3.38. The molecule has 0 amide bonds. The van der Waals surface area contributed by atoms with Crippen LogP contribution in [0.2, 0.25) is 0 Å². The van der Waals surface area contributed by atoms with E-state index in [0.717, 1.165) is 31.2 Å². The molecule has 0 aromatic carbocycles. The molecule has 3 nitrogen and oxygen atoms in total. The number of ether oxygens (including phenoxy) is 1. The van der Waals surface area contributed by atoms with E-state index >= 15 is 0 Å². The first-order valence-corrected chi connectivity index (χ1v) is 6.00. The molecule has 1 aromatic rings. The average Bonchev–Trinajstić information content (AvgIpc) is 2.80. The minimum Gasteiger partial charge on any atom is -0.385 e. The van der Waals surface area contributed by atoms with Gasteiger partial charge in [0.2, 0.25) is 0 Å². The van der Waals surface area contributed by atoms with E-state index < -0.39 is 6.10 Å². The Morgan fingerprint density at radius 3 is 2.81 bits per heavy atom. The highest BCUT2D eigenvalue weighted by molar-refractivity contribution is 5.17. The minimum atomic E-state index is -0.552. The van der Waals surface area contributed by atoms with Crippen molar-refractivity contribution in [2.75, 3.05) is 6.61 Å². The van der Waals surface area contributed by atoms with Gasteiger partial charge in [-0.25, -0.2) is 0 Å². The fourth-order valence-corrected chi connectivity index (χ4v) is 2.60. The van der Waals surface area contributed by atoms with Gasteiger partial charge in [-0.05, 0) is 25.8 Å². The quantitative estimate of drug-likeness (QED) is 0.849. The molecule has 1 aromatic heterocycles. The van der Waals surface area contributed by atoms with E-state index in [2.05, 4.69) is 4.98 Å². The summed E-state index contributed by atoms with van der Waals surface area (Å²) in [5.74, 6) is 0. The van der Waals surface area contributed by atoms with Crippen LogP contribution in [0.4, 0.5) is 0 Å². The number of aliphatic hydroxyl groups is 1. The van der Waals surface area contributed by atoms with Crippen molar-refractivity contribution in [3.63, 3.8) is 0 Å². The monoisotopic (exact) mass is 221 g/mol. The van der Waals surface area contributed by atoms with E-state index in [1.807, 2.05) is 19.1 Å². The Hall–Kier alpha value is -0.930. The minimum absolute atomic E-state index is 0.377. The van der Waals surface area contributed by atoms with Gasteiger partial charge in [-0.1, -0.05) is 18.9 Å². The first-order chi connectivity index (χ1) is 7.78. The number of pyridine rings is 1. The molecule has 1 saturated carbocycles. The maximum atomic E-state index is 10.4. The number of hydrogen-bond donors (Lipinski definition) is 1. The van der Waals surface area contributed by atoms with E-state index in [1.165, 1.54) is 0 Å². The Morgan fingerprint density at radius 1 is 1.50 bits per heavy atom. The lowest BCUT2D eigenvalue weighted by Gasteiger charge is -2.34. The van der Waals surface area contributed by atoms with Crippen LogP contribution in [0.3, 0.4) is 0 Å². The summed E-state index contributed by atoms with van der Waals surface area (Å²) in [5.41, 5.74) is 0.482. The smallest absolute Gasteiger partial charge is 0.109 e. The van der Waals surface area contributed by atoms with Crippen molar-refractivity contribution < 1.29 is 9.84 Å². The number of rotatable bonds is 4. The van der Waals surface area contributed by atoms with Crippen LogP contribution in [0.25, 0.3) is 0 Å². The highest BCUT2D eigenvalue weighted by Crippen LogP contribution is 2.42. The van der Waals surface area contributed by atoms with Gasteiger partial charge in [0.1, 0.15) is 6.10 Å². The Balaban J connectivity index is 2.20. The zero-order valence-corrected chi connectivity index (χ0v) is 9.72. The molecule has 0 radical (unpaired) electrons. The van der Waals surface area contributed by atoms with Gasteiger partial charge in [0, 0.05) is 24.6 Å². The predicted octanol–water partition coefficient (Wildman–Crippen LogP) is 2.46. The molecule has 1 unspecified atom stereocenters. The van der Waals surface area contributed by atoms with Crippen LogP contribution < -0.4 is 0 Å². The van der Waals surface area contributed by atoms with E-state index in [0.29, 0.717) is 6.61 Å². The van der Waals surface area contributed by atoms with Crippen molar-refractivity contribution in [1.29, 1.82) is 0 Å². The molecular weight excluding hydrogens is 202 g/mol. The lowest BCUT2D eigenvalue weighted by molar-refractivity contribution is -0.118.